The average molecular weight is 546 g/mol. The molecule has 0 radical (unpaired) electrons. The molecule has 1 fully saturated rings. The van der Waals surface area contributed by atoms with E-state index in [0.29, 0.717) is 38.1 Å². The molecule has 0 saturated heterocycles. The Hall–Kier alpha value is -2.44. The van der Waals surface area contributed by atoms with Gasteiger partial charge >= 0.3 is 5.69 Å². The standard InChI is InChI=1S/C20H27FN6O3.HI/c1-3-22-20(23-8-9-26-12-17(11-24-26)27(28)29)25-14(2)16-6-7-19(18(21)10-16)30-13-15-4-5-15;/h6-7,10-12,14-15H,3-5,8-9,13H2,1-2H3,(H2,22,23,25);1H. The molecule has 0 aliphatic heterocycles. The highest BCUT2D eigenvalue weighted by molar-refractivity contribution is 14.0. The fraction of sp³-hybridized carbons (Fsp3) is 0.500. The average Bonchev–Trinajstić information content (AvgIpc) is 3.42. The van der Waals surface area contributed by atoms with E-state index >= 15 is 0 Å². The molecule has 1 atom stereocenters. The van der Waals surface area contributed by atoms with Gasteiger partial charge in [-0.15, -0.1) is 24.0 Å². The molecule has 0 amide bonds. The summed E-state index contributed by atoms with van der Waals surface area (Å²) in [6.07, 6.45) is 4.89. The molecule has 1 aromatic carbocycles. The molecule has 0 spiro atoms. The van der Waals surface area contributed by atoms with Crippen molar-refractivity contribution in [1.82, 2.24) is 20.4 Å². The number of halogens is 2. The molecule has 1 aliphatic rings. The van der Waals surface area contributed by atoms with Crippen molar-refractivity contribution in [2.75, 3.05) is 19.7 Å². The maximum Gasteiger partial charge on any atom is 0.306 e. The van der Waals surface area contributed by atoms with Crippen molar-refractivity contribution in [3.05, 3.63) is 52.1 Å². The summed E-state index contributed by atoms with van der Waals surface area (Å²) in [5.41, 5.74) is 0.726. The lowest BCUT2D eigenvalue weighted by atomic mass is 10.1. The van der Waals surface area contributed by atoms with Crippen LogP contribution in [-0.4, -0.2) is 40.4 Å². The van der Waals surface area contributed by atoms with Crippen LogP contribution in [0.25, 0.3) is 0 Å². The Morgan fingerprint density at radius 1 is 1.48 bits per heavy atom. The molecule has 1 heterocycles. The van der Waals surface area contributed by atoms with Crippen LogP contribution in [0.4, 0.5) is 10.1 Å². The van der Waals surface area contributed by atoms with Gasteiger partial charge in [0.05, 0.1) is 30.7 Å². The van der Waals surface area contributed by atoms with Gasteiger partial charge in [-0.05, 0) is 50.3 Å². The first-order valence-corrected chi connectivity index (χ1v) is 10.1. The highest BCUT2D eigenvalue weighted by Crippen LogP contribution is 2.30. The molecular weight excluding hydrogens is 518 g/mol. The smallest absolute Gasteiger partial charge is 0.306 e. The van der Waals surface area contributed by atoms with E-state index in [1.807, 2.05) is 19.9 Å². The molecule has 0 bridgehead atoms. The van der Waals surface area contributed by atoms with E-state index < -0.39 is 4.92 Å². The van der Waals surface area contributed by atoms with Crippen LogP contribution >= 0.6 is 24.0 Å². The van der Waals surface area contributed by atoms with Crippen LogP contribution in [0.1, 0.15) is 38.3 Å². The zero-order chi connectivity index (χ0) is 21.5. The maximum absolute atomic E-state index is 14.4. The Balaban J connectivity index is 0.00000341. The van der Waals surface area contributed by atoms with Crippen LogP contribution in [0, 0.1) is 21.8 Å². The van der Waals surface area contributed by atoms with E-state index in [2.05, 4.69) is 20.7 Å². The van der Waals surface area contributed by atoms with Gasteiger partial charge in [0.25, 0.3) is 0 Å². The molecule has 31 heavy (non-hydrogen) atoms. The molecule has 1 saturated carbocycles. The minimum Gasteiger partial charge on any atom is -0.490 e. The summed E-state index contributed by atoms with van der Waals surface area (Å²) in [4.78, 5) is 14.7. The van der Waals surface area contributed by atoms with E-state index in [1.54, 1.807) is 6.07 Å². The summed E-state index contributed by atoms with van der Waals surface area (Å²) in [5, 5.41) is 21.1. The number of nitrogens with one attached hydrogen (secondary N) is 2. The second kappa shape index (κ2) is 11.8. The third-order valence-corrected chi connectivity index (χ3v) is 4.75. The van der Waals surface area contributed by atoms with Crippen LogP contribution in [0.2, 0.25) is 0 Å². The summed E-state index contributed by atoms with van der Waals surface area (Å²) in [7, 11) is 0. The van der Waals surface area contributed by atoms with Crippen molar-refractivity contribution in [3.63, 3.8) is 0 Å². The van der Waals surface area contributed by atoms with Crippen molar-refractivity contribution in [2.45, 2.75) is 39.3 Å². The first kappa shape index (κ1) is 24.8. The van der Waals surface area contributed by atoms with Crippen LogP contribution < -0.4 is 15.4 Å². The molecule has 1 aliphatic carbocycles. The van der Waals surface area contributed by atoms with E-state index in [0.717, 1.165) is 18.4 Å². The van der Waals surface area contributed by atoms with Gasteiger partial charge in [0.15, 0.2) is 17.5 Å². The Morgan fingerprint density at radius 2 is 2.26 bits per heavy atom. The number of benzene rings is 1. The third kappa shape index (κ3) is 7.64. The number of nitro groups is 1. The zero-order valence-corrected chi connectivity index (χ0v) is 19.9. The monoisotopic (exact) mass is 546 g/mol. The number of guanidine groups is 1. The molecule has 170 valence electrons. The lowest BCUT2D eigenvalue weighted by Crippen LogP contribution is -2.39. The zero-order valence-electron chi connectivity index (χ0n) is 17.6. The molecule has 2 aromatic rings. The first-order chi connectivity index (χ1) is 14.5. The number of aromatic nitrogens is 2. The molecule has 3 rings (SSSR count). The number of nitrogens with zero attached hydrogens (tertiary/aromatic N) is 4. The van der Waals surface area contributed by atoms with Crippen molar-refractivity contribution >= 4 is 35.6 Å². The van der Waals surface area contributed by atoms with Crippen molar-refractivity contribution in [2.24, 2.45) is 10.9 Å². The summed E-state index contributed by atoms with van der Waals surface area (Å²) in [6.45, 7) is 5.88. The van der Waals surface area contributed by atoms with E-state index in [-0.39, 0.29) is 47.3 Å². The number of hydrogen-bond donors (Lipinski definition) is 2. The normalized spacial score (nSPS) is 14.5. The number of rotatable bonds is 10. The lowest BCUT2D eigenvalue weighted by Gasteiger charge is -2.19. The van der Waals surface area contributed by atoms with Gasteiger partial charge in [0.2, 0.25) is 0 Å². The Morgan fingerprint density at radius 3 is 2.87 bits per heavy atom. The molecule has 11 heteroatoms. The van der Waals surface area contributed by atoms with Gasteiger partial charge in [-0.3, -0.25) is 19.8 Å². The summed E-state index contributed by atoms with van der Waals surface area (Å²) >= 11 is 0. The summed E-state index contributed by atoms with van der Waals surface area (Å²) in [6, 6.07) is 4.81. The first-order valence-electron chi connectivity index (χ1n) is 10.1. The Bertz CT molecular complexity index is 903. The number of hydrogen-bond acceptors (Lipinski definition) is 5. The molecular formula is C20H28FIN6O3. The molecule has 1 aromatic heterocycles. The van der Waals surface area contributed by atoms with Crippen molar-refractivity contribution in [1.29, 1.82) is 0 Å². The van der Waals surface area contributed by atoms with Gasteiger partial charge in [-0.1, -0.05) is 6.07 Å². The van der Waals surface area contributed by atoms with Crippen LogP contribution in [0.15, 0.2) is 35.6 Å². The van der Waals surface area contributed by atoms with Crippen molar-refractivity contribution < 1.29 is 14.1 Å². The number of aliphatic imine (C=N–C) groups is 1. The highest BCUT2D eigenvalue weighted by atomic mass is 127. The SMILES string of the molecule is CCNC(=NCCn1cc([N+](=O)[O-])cn1)NC(C)c1ccc(OCC2CC2)c(F)c1.I. The summed E-state index contributed by atoms with van der Waals surface area (Å²) < 4.78 is 21.4. The predicted molar refractivity (Wildman–Crippen MR) is 126 cm³/mol. The molecule has 2 N–H and O–H groups in total. The predicted octanol–water partition coefficient (Wildman–Crippen LogP) is 3.65. The van der Waals surface area contributed by atoms with Crippen LogP contribution in [-0.2, 0) is 6.54 Å². The van der Waals surface area contributed by atoms with Crippen molar-refractivity contribution in [3.8, 4) is 5.75 Å². The fourth-order valence-corrected chi connectivity index (χ4v) is 2.84. The van der Waals surface area contributed by atoms with Crippen LogP contribution in [0.5, 0.6) is 5.75 Å². The van der Waals surface area contributed by atoms with E-state index in [1.165, 1.54) is 23.1 Å². The van der Waals surface area contributed by atoms with E-state index in [9.17, 15) is 14.5 Å². The van der Waals surface area contributed by atoms with Gasteiger partial charge in [-0.25, -0.2) is 4.39 Å². The fourth-order valence-electron chi connectivity index (χ4n) is 2.84. The number of ether oxygens (including phenoxy) is 1. The van der Waals surface area contributed by atoms with Crippen LogP contribution in [0.3, 0.4) is 0 Å². The topological polar surface area (TPSA) is 107 Å². The largest absolute Gasteiger partial charge is 0.490 e. The minimum absolute atomic E-state index is 0. The second-order valence-corrected chi connectivity index (χ2v) is 7.29. The second-order valence-electron chi connectivity index (χ2n) is 7.29. The minimum atomic E-state index is -0.485. The summed E-state index contributed by atoms with van der Waals surface area (Å²) in [5.74, 6) is 1.05. The van der Waals surface area contributed by atoms with Gasteiger partial charge < -0.3 is 15.4 Å². The maximum atomic E-state index is 14.4. The van der Waals surface area contributed by atoms with Gasteiger partial charge in [0.1, 0.15) is 12.4 Å². The van der Waals surface area contributed by atoms with E-state index in [4.69, 9.17) is 4.74 Å². The molecule has 1 unspecified atom stereocenters. The highest BCUT2D eigenvalue weighted by Gasteiger charge is 2.22. The third-order valence-electron chi connectivity index (χ3n) is 4.75. The lowest BCUT2D eigenvalue weighted by molar-refractivity contribution is -0.385. The molecule has 9 nitrogen and oxygen atoms in total. The van der Waals surface area contributed by atoms with Gasteiger partial charge in [0, 0.05) is 6.54 Å². The Kier molecular flexibility index (Phi) is 9.46. The Labute approximate surface area is 197 Å². The van der Waals surface area contributed by atoms with Gasteiger partial charge in [-0.2, -0.15) is 5.10 Å². The quantitative estimate of drug-likeness (QED) is 0.155.